The fraction of sp³-hybridized carbons (Fsp3) is 0.579. The van der Waals surface area contributed by atoms with Crippen molar-refractivity contribution in [3.8, 4) is 5.75 Å². The molecule has 1 aliphatic heterocycles. The van der Waals surface area contributed by atoms with Crippen LogP contribution < -0.4 is 15.0 Å². The summed E-state index contributed by atoms with van der Waals surface area (Å²) in [6.45, 7) is 9.02. The van der Waals surface area contributed by atoms with E-state index in [4.69, 9.17) is 4.74 Å². The quantitative estimate of drug-likeness (QED) is 0.884. The first kappa shape index (κ1) is 19.1. The molecule has 0 aliphatic carbocycles. The van der Waals surface area contributed by atoms with E-state index in [1.807, 2.05) is 49.9 Å². The van der Waals surface area contributed by atoms with Crippen molar-refractivity contribution in [3.63, 3.8) is 0 Å². The lowest BCUT2D eigenvalue weighted by atomic mass is 9.96. The molecule has 1 saturated heterocycles. The lowest BCUT2D eigenvalue weighted by molar-refractivity contribution is -0.132. The van der Waals surface area contributed by atoms with E-state index in [0.717, 1.165) is 24.5 Å². The highest BCUT2D eigenvalue weighted by molar-refractivity contribution is 5.82. The molecule has 0 aromatic heterocycles. The van der Waals surface area contributed by atoms with E-state index in [9.17, 15) is 9.59 Å². The maximum absolute atomic E-state index is 12.3. The van der Waals surface area contributed by atoms with E-state index in [-0.39, 0.29) is 11.8 Å². The van der Waals surface area contributed by atoms with Crippen LogP contribution in [-0.4, -0.2) is 56.5 Å². The van der Waals surface area contributed by atoms with Crippen molar-refractivity contribution in [2.24, 2.45) is 5.41 Å². The van der Waals surface area contributed by atoms with Crippen LogP contribution in [0.1, 0.15) is 27.2 Å². The van der Waals surface area contributed by atoms with Crippen LogP contribution in [0.2, 0.25) is 0 Å². The summed E-state index contributed by atoms with van der Waals surface area (Å²) in [4.78, 5) is 28.3. The van der Waals surface area contributed by atoms with Gasteiger partial charge in [0.25, 0.3) is 0 Å². The highest BCUT2D eigenvalue weighted by Crippen LogP contribution is 2.20. The molecule has 0 bridgehead atoms. The lowest BCUT2D eigenvalue weighted by Gasteiger charge is -2.36. The molecule has 1 N–H and O–H groups in total. The van der Waals surface area contributed by atoms with Crippen molar-refractivity contribution < 1.29 is 14.3 Å². The molecule has 0 atom stereocenters. The van der Waals surface area contributed by atoms with Gasteiger partial charge >= 0.3 is 0 Å². The maximum Gasteiger partial charge on any atom is 0.225 e. The van der Waals surface area contributed by atoms with Gasteiger partial charge in [-0.2, -0.15) is 0 Å². The topological polar surface area (TPSA) is 61.9 Å². The Balaban J connectivity index is 1.75. The Morgan fingerprint density at radius 1 is 1.08 bits per heavy atom. The minimum absolute atomic E-state index is 0.0235. The number of hydrogen-bond acceptors (Lipinski definition) is 4. The summed E-state index contributed by atoms with van der Waals surface area (Å²) in [5, 5.41) is 2.83. The summed E-state index contributed by atoms with van der Waals surface area (Å²) in [7, 11) is 1.66. The van der Waals surface area contributed by atoms with E-state index in [1.54, 1.807) is 7.11 Å². The van der Waals surface area contributed by atoms with Gasteiger partial charge in [-0.05, 0) is 24.3 Å². The van der Waals surface area contributed by atoms with Gasteiger partial charge < -0.3 is 19.9 Å². The fourth-order valence-electron chi connectivity index (χ4n) is 2.71. The Bertz CT molecular complexity index is 585. The van der Waals surface area contributed by atoms with Gasteiger partial charge in [-0.3, -0.25) is 9.59 Å². The Morgan fingerprint density at radius 3 is 2.20 bits per heavy atom. The number of piperazine rings is 1. The highest BCUT2D eigenvalue weighted by atomic mass is 16.5. The summed E-state index contributed by atoms with van der Waals surface area (Å²) in [6.07, 6.45) is 0.352. The van der Waals surface area contributed by atoms with Gasteiger partial charge in [-0.1, -0.05) is 20.8 Å². The summed E-state index contributed by atoms with van der Waals surface area (Å²) in [5.74, 6) is 0.920. The Hall–Kier alpha value is -2.24. The summed E-state index contributed by atoms with van der Waals surface area (Å²) in [6, 6.07) is 7.98. The van der Waals surface area contributed by atoms with E-state index >= 15 is 0 Å². The van der Waals surface area contributed by atoms with E-state index in [1.165, 1.54) is 0 Å². The molecule has 2 rings (SSSR count). The number of carbonyl (C=O) groups excluding carboxylic acids is 2. The summed E-state index contributed by atoms with van der Waals surface area (Å²) in [5.41, 5.74) is 0.720. The second-order valence-corrected chi connectivity index (χ2v) is 7.32. The minimum atomic E-state index is -0.424. The van der Waals surface area contributed by atoms with Gasteiger partial charge in [-0.15, -0.1) is 0 Å². The number of nitrogens with zero attached hydrogens (tertiary/aromatic N) is 2. The van der Waals surface area contributed by atoms with Gasteiger partial charge in [-0.25, -0.2) is 0 Å². The van der Waals surface area contributed by atoms with Gasteiger partial charge in [0.15, 0.2) is 0 Å². The number of carbonyl (C=O) groups is 2. The molecule has 0 saturated carbocycles. The second kappa shape index (κ2) is 8.23. The van der Waals surface area contributed by atoms with Crippen molar-refractivity contribution in [1.29, 1.82) is 0 Å². The first-order valence-corrected chi connectivity index (χ1v) is 8.76. The first-order valence-electron chi connectivity index (χ1n) is 8.76. The molecule has 6 nitrogen and oxygen atoms in total. The molecule has 2 amide bonds. The zero-order chi connectivity index (χ0) is 18.4. The SMILES string of the molecule is COc1ccc(N2CCN(C(=O)CCNC(=O)C(C)(C)C)CC2)cc1. The minimum Gasteiger partial charge on any atom is -0.497 e. The van der Waals surface area contributed by atoms with Gasteiger partial charge in [0, 0.05) is 50.2 Å². The van der Waals surface area contributed by atoms with Crippen LogP contribution in [0.5, 0.6) is 5.75 Å². The number of rotatable bonds is 5. The van der Waals surface area contributed by atoms with E-state index in [0.29, 0.717) is 26.1 Å². The number of methoxy groups -OCH3 is 1. The summed E-state index contributed by atoms with van der Waals surface area (Å²) < 4.78 is 5.18. The second-order valence-electron chi connectivity index (χ2n) is 7.32. The molecule has 6 heteroatoms. The number of anilines is 1. The highest BCUT2D eigenvalue weighted by Gasteiger charge is 2.23. The molecular weight excluding hydrogens is 318 g/mol. The van der Waals surface area contributed by atoms with E-state index < -0.39 is 5.41 Å². The van der Waals surface area contributed by atoms with Crippen LogP contribution in [-0.2, 0) is 9.59 Å². The van der Waals surface area contributed by atoms with Crippen molar-refractivity contribution in [2.45, 2.75) is 27.2 Å². The number of amides is 2. The smallest absolute Gasteiger partial charge is 0.225 e. The molecule has 1 aromatic carbocycles. The largest absolute Gasteiger partial charge is 0.497 e. The van der Waals surface area contributed by atoms with Crippen molar-refractivity contribution in [1.82, 2.24) is 10.2 Å². The number of hydrogen-bond donors (Lipinski definition) is 1. The van der Waals surface area contributed by atoms with Crippen LogP contribution in [0.4, 0.5) is 5.69 Å². The monoisotopic (exact) mass is 347 g/mol. The van der Waals surface area contributed by atoms with Crippen LogP contribution >= 0.6 is 0 Å². The number of nitrogens with one attached hydrogen (secondary N) is 1. The third-order valence-corrected chi connectivity index (χ3v) is 4.38. The molecule has 0 spiro atoms. The predicted octanol–water partition coefficient (Wildman–Crippen LogP) is 1.90. The molecule has 138 valence electrons. The normalized spacial score (nSPS) is 15.0. The van der Waals surface area contributed by atoms with Gasteiger partial charge in [0.1, 0.15) is 5.75 Å². The van der Waals surface area contributed by atoms with Crippen LogP contribution in [0.3, 0.4) is 0 Å². The molecular formula is C19H29N3O3. The number of benzene rings is 1. The fourth-order valence-corrected chi connectivity index (χ4v) is 2.71. The molecule has 0 unspecified atom stereocenters. The molecule has 0 radical (unpaired) electrons. The van der Waals surface area contributed by atoms with E-state index in [2.05, 4.69) is 10.2 Å². The zero-order valence-electron chi connectivity index (χ0n) is 15.7. The summed E-state index contributed by atoms with van der Waals surface area (Å²) >= 11 is 0. The average Bonchev–Trinajstić information content (AvgIpc) is 2.61. The average molecular weight is 347 g/mol. The number of ether oxygens (including phenoxy) is 1. The predicted molar refractivity (Wildman–Crippen MR) is 98.9 cm³/mol. The Kier molecular flexibility index (Phi) is 6.28. The van der Waals surface area contributed by atoms with Crippen molar-refractivity contribution in [3.05, 3.63) is 24.3 Å². The van der Waals surface area contributed by atoms with Crippen molar-refractivity contribution >= 4 is 17.5 Å². The third kappa shape index (κ3) is 5.37. The Morgan fingerprint density at radius 2 is 1.68 bits per heavy atom. The standard InChI is InChI=1S/C19H29N3O3/c1-19(2,3)18(24)20-10-9-17(23)22-13-11-21(12-14-22)15-5-7-16(25-4)8-6-15/h5-8H,9-14H2,1-4H3,(H,20,24). The molecule has 1 heterocycles. The first-order chi connectivity index (χ1) is 11.8. The zero-order valence-corrected chi connectivity index (χ0v) is 15.7. The molecule has 1 fully saturated rings. The Labute approximate surface area is 150 Å². The van der Waals surface area contributed by atoms with Crippen LogP contribution in [0, 0.1) is 5.41 Å². The third-order valence-electron chi connectivity index (χ3n) is 4.38. The van der Waals surface area contributed by atoms with Gasteiger partial charge in [0.2, 0.25) is 11.8 Å². The van der Waals surface area contributed by atoms with Crippen LogP contribution in [0.25, 0.3) is 0 Å². The van der Waals surface area contributed by atoms with Crippen molar-refractivity contribution in [2.75, 3.05) is 44.7 Å². The molecule has 25 heavy (non-hydrogen) atoms. The van der Waals surface area contributed by atoms with Gasteiger partial charge in [0.05, 0.1) is 7.11 Å². The molecule has 1 aliphatic rings. The maximum atomic E-state index is 12.3. The lowest BCUT2D eigenvalue weighted by Crippen LogP contribution is -2.49. The van der Waals surface area contributed by atoms with Crippen LogP contribution in [0.15, 0.2) is 24.3 Å². The molecule has 1 aromatic rings.